The van der Waals surface area contributed by atoms with Crippen LogP contribution >= 0.6 is 0 Å². The van der Waals surface area contributed by atoms with Gasteiger partial charge in [0.15, 0.2) is 11.5 Å². The minimum atomic E-state index is -0.448. The summed E-state index contributed by atoms with van der Waals surface area (Å²) in [5.74, 6) is 0.451. The summed E-state index contributed by atoms with van der Waals surface area (Å²) >= 11 is 0. The maximum Gasteiger partial charge on any atom is 0.251 e. The van der Waals surface area contributed by atoms with E-state index < -0.39 is 5.91 Å². The summed E-state index contributed by atoms with van der Waals surface area (Å²) in [5, 5.41) is 2.59. The van der Waals surface area contributed by atoms with Crippen LogP contribution in [0.4, 0.5) is 0 Å². The molecule has 0 atom stereocenters. The van der Waals surface area contributed by atoms with Crippen LogP contribution in [0.15, 0.2) is 18.2 Å². The van der Waals surface area contributed by atoms with E-state index in [1.54, 1.807) is 18.2 Å². The Morgan fingerprint density at radius 2 is 2.06 bits per heavy atom. The van der Waals surface area contributed by atoms with E-state index in [1.807, 2.05) is 0 Å². The Kier molecular flexibility index (Phi) is 3.13. The zero-order chi connectivity index (χ0) is 12.3. The highest BCUT2D eigenvalue weighted by molar-refractivity contribution is 5.95. The third kappa shape index (κ3) is 2.66. The summed E-state index contributed by atoms with van der Waals surface area (Å²) in [4.78, 5) is 22.2. The molecule has 1 heterocycles. The SMILES string of the molecule is NC(=O)CCNC(=O)c1ccc2c(c1)OCO2. The van der Waals surface area contributed by atoms with E-state index >= 15 is 0 Å². The normalized spacial score (nSPS) is 12.2. The Hall–Kier alpha value is -2.24. The molecule has 1 aliphatic heterocycles. The molecule has 2 amide bonds. The first-order valence-electron chi connectivity index (χ1n) is 5.13. The monoisotopic (exact) mass is 236 g/mol. The number of carbonyl (C=O) groups is 2. The van der Waals surface area contributed by atoms with Crippen molar-refractivity contribution in [3.63, 3.8) is 0 Å². The number of hydrogen-bond donors (Lipinski definition) is 2. The van der Waals surface area contributed by atoms with Gasteiger partial charge in [-0.25, -0.2) is 0 Å². The summed E-state index contributed by atoms with van der Waals surface area (Å²) in [6.07, 6.45) is 0.121. The third-order valence-electron chi connectivity index (χ3n) is 2.29. The van der Waals surface area contributed by atoms with Crippen LogP contribution in [0.2, 0.25) is 0 Å². The van der Waals surface area contributed by atoms with Crippen molar-refractivity contribution >= 4 is 11.8 Å². The van der Waals surface area contributed by atoms with Gasteiger partial charge in [0.2, 0.25) is 12.7 Å². The maximum atomic E-state index is 11.7. The molecule has 0 unspecified atom stereocenters. The van der Waals surface area contributed by atoms with Gasteiger partial charge < -0.3 is 20.5 Å². The Balaban J connectivity index is 1.97. The molecule has 3 N–H and O–H groups in total. The fourth-order valence-corrected chi connectivity index (χ4v) is 1.44. The summed E-state index contributed by atoms with van der Waals surface area (Å²) in [7, 11) is 0. The van der Waals surface area contributed by atoms with Crippen molar-refractivity contribution in [2.75, 3.05) is 13.3 Å². The van der Waals surface area contributed by atoms with Crippen molar-refractivity contribution in [1.29, 1.82) is 0 Å². The van der Waals surface area contributed by atoms with Gasteiger partial charge in [0, 0.05) is 18.5 Å². The van der Waals surface area contributed by atoms with Crippen LogP contribution in [0.25, 0.3) is 0 Å². The second kappa shape index (κ2) is 4.73. The molecule has 2 rings (SSSR count). The molecule has 1 aliphatic rings. The molecule has 0 radical (unpaired) electrons. The smallest absolute Gasteiger partial charge is 0.251 e. The second-order valence-electron chi connectivity index (χ2n) is 3.54. The van der Waals surface area contributed by atoms with Crippen molar-refractivity contribution in [2.45, 2.75) is 6.42 Å². The molecule has 6 heteroatoms. The predicted molar refractivity (Wildman–Crippen MR) is 58.7 cm³/mol. The fourth-order valence-electron chi connectivity index (χ4n) is 1.44. The molecule has 1 aromatic rings. The number of nitrogens with two attached hydrogens (primary N) is 1. The first-order valence-corrected chi connectivity index (χ1v) is 5.13. The minimum Gasteiger partial charge on any atom is -0.454 e. The van der Waals surface area contributed by atoms with Gasteiger partial charge in [-0.2, -0.15) is 0 Å². The van der Waals surface area contributed by atoms with E-state index in [0.717, 1.165) is 0 Å². The van der Waals surface area contributed by atoms with Crippen LogP contribution in [0, 0.1) is 0 Å². The highest BCUT2D eigenvalue weighted by atomic mass is 16.7. The van der Waals surface area contributed by atoms with Gasteiger partial charge in [-0.15, -0.1) is 0 Å². The number of nitrogens with one attached hydrogen (secondary N) is 1. The summed E-state index contributed by atoms with van der Waals surface area (Å²) in [5.41, 5.74) is 5.42. The molecule has 1 aromatic carbocycles. The number of hydrogen-bond acceptors (Lipinski definition) is 4. The Morgan fingerprint density at radius 1 is 1.29 bits per heavy atom. The van der Waals surface area contributed by atoms with Crippen LogP contribution in [-0.2, 0) is 4.79 Å². The van der Waals surface area contributed by atoms with Crippen molar-refractivity contribution < 1.29 is 19.1 Å². The van der Waals surface area contributed by atoms with Crippen LogP contribution in [0.3, 0.4) is 0 Å². The number of fused-ring (bicyclic) bond motifs is 1. The number of ether oxygens (including phenoxy) is 2. The predicted octanol–water partition coefficient (Wildman–Crippen LogP) is 0.0205. The zero-order valence-electron chi connectivity index (χ0n) is 9.06. The van der Waals surface area contributed by atoms with Gasteiger partial charge in [0.05, 0.1) is 0 Å². The van der Waals surface area contributed by atoms with E-state index in [9.17, 15) is 9.59 Å². The second-order valence-corrected chi connectivity index (χ2v) is 3.54. The average Bonchev–Trinajstić information content (AvgIpc) is 2.75. The minimum absolute atomic E-state index is 0.121. The Morgan fingerprint density at radius 3 is 2.82 bits per heavy atom. The van der Waals surface area contributed by atoms with E-state index in [0.29, 0.717) is 17.1 Å². The van der Waals surface area contributed by atoms with Crippen molar-refractivity contribution in [3.8, 4) is 11.5 Å². The molecule has 0 aromatic heterocycles. The lowest BCUT2D eigenvalue weighted by molar-refractivity contribution is -0.117. The number of primary amides is 1. The standard InChI is InChI=1S/C11H12N2O4/c12-10(14)3-4-13-11(15)7-1-2-8-9(5-7)17-6-16-8/h1-2,5H,3-4,6H2,(H2,12,14)(H,13,15). The van der Waals surface area contributed by atoms with Crippen LogP contribution in [0.5, 0.6) is 11.5 Å². The van der Waals surface area contributed by atoms with Crippen molar-refractivity contribution in [3.05, 3.63) is 23.8 Å². The van der Waals surface area contributed by atoms with Gasteiger partial charge in [0.1, 0.15) is 0 Å². The van der Waals surface area contributed by atoms with Gasteiger partial charge in [-0.3, -0.25) is 9.59 Å². The Bertz CT molecular complexity index is 459. The lowest BCUT2D eigenvalue weighted by atomic mass is 10.2. The summed E-state index contributed by atoms with van der Waals surface area (Å²) in [6.45, 7) is 0.394. The van der Waals surface area contributed by atoms with Gasteiger partial charge in [0.25, 0.3) is 5.91 Å². The fraction of sp³-hybridized carbons (Fsp3) is 0.273. The molecule has 0 fully saturated rings. The summed E-state index contributed by atoms with van der Waals surface area (Å²) in [6, 6.07) is 4.90. The summed E-state index contributed by atoms with van der Waals surface area (Å²) < 4.78 is 10.3. The zero-order valence-corrected chi connectivity index (χ0v) is 9.06. The number of amides is 2. The molecule has 6 nitrogen and oxygen atoms in total. The molecular weight excluding hydrogens is 224 g/mol. The largest absolute Gasteiger partial charge is 0.454 e. The lowest BCUT2D eigenvalue weighted by Crippen LogP contribution is -2.27. The maximum absolute atomic E-state index is 11.7. The number of rotatable bonds is 4. The number of carbonyl (C=O) groups excluding carboxylic acids is 2. The van der Waals surface area contributed by atoms with E-state index in [1.165, 1.54) is 0 Å². The average molecular weight is 236 g/mol. The van der Waals surface area contributed by atoms with Gasteiger partial charge in [-0.1, -0.05) is 0 Å². The molecule has 0 saturated carbocycles. The van der Waals surface area contributed by atoms with Gasteiger partial charge in [-0.05, 0) is 18.2 Å². The molecule has 0 aliphatic carbocycles. The molecule has 0 bridgehead atoms. The molecule has 0 saturated heterocycles. The number of benzene rings is 1. The van der Waals surface area contributed by atoms with Crippen LogP contribution in [-0.4, -0.2) is 25.2 Å². The van der Waals surface area contributed by atoms with Crippen LogP contribution < -0.4 is 20.5 Å². The van der Waals surface area contributed by atoms with Crippen molar-refractivity contribution in [2.24, 2.45) is 5.73 Å². The highest BCUT2D eigenvalue weighted by Crippen LogP contribution is 2.32. The first kappa shape index (κ1) is 11.3. The molecule has 17 heavy (non-hydrogen) atoms. The first-order chi connectivity index (χ1) is 8.16. The lowest BCUT2D eigenvalue weighted by Gasteiger charge is -2.04. The molecule has 90 valence electrons. The van der Waals surface area contributed by atoms with Gasteiger partial charge >= 0.3 is 0 Å². The van der Waals surface area contributed by atoms with Crippen molar-refractivity contribution in [1.82, 2.24) is 5.32 Å². The molecule has 0 spiro atoms. The molecular formula is C11H12N2O4. The van der Waals surface area contributed by atoms with Crippen LogP contribution in [0.1, 0.15) is 16.8 Å². The third-order valence-corrected chi connectivity index (χ3v) is 2.29. The quantitative estimate of drug-likeness (QED) is 0.771. The Labute approximate surface area is 97.7 Å². The topological polar surface area (TPSA) is 90.7 Å². The van der Waals surface area contributed by atoms with E-state index in [4.69, 9.17) is 15.2 Å². The van der Waals surface area contributed by atoms with E-state index in [2.05, 4.69) is 5.32 Å². The highest BCUT2D eigenvalue weighted by Gasteiger charge is 2.15. The van der Waals surface area contributed by atoms with E-state index in [-0.39, 0.29) is 25.7 Å².